The second-order valence-corrected chi connectivity index (χ2v) is 6.47. The highest BCUT2D eigenvalue weighted by molar-refractivity contribution is 5.48. The van der Waals surface area contributed by atoms with Crippen LogP contribution in [0.5, 0.6) is 23.0 Å². The first-order valence-electron chi connectivity index (χ1n) is 8.56. The molecule has 2 aromatic carbocycles. The lowest BCUT2D eigenvalue weighted by atomic mass is 10.1. The molecule has 2 aromatic rings. The molecule has 0 saturated heterocycles. The topological polar surface area (TPSA) is 43.4 Å². The third-order valence-corrected chi connectivity index (χ3v) is 4.30. The summed E-state index contributed by atoms with van der Waals surface area (Å²) in [4.78, 5) is 4.23. The van der Waals surface area contributed by atoms with E-state index in [1.807, 2.05) is 38.4 Å². The fraction of sp³-hybridized carbons (Fsp3) is 0.400. The normalized spacial score (nSPS) is 16.2. The summed E-state index contributed by atoms with van der Waals surface area (Å²) in [5.41, 5.74) is 2.38. The van der Waals surface area contributed by atoms with Crippen LogP contribution in [0.25, 0.3) is 0 Å². The van der Waals surface area contributed by atoms with E-state index in [2.05, 4.69) is 21.9 Å². The number of ether oxygens (including phenoxy) is 4. The van der Waals surface area contributed by atoms with E-state index in [0.717, 1.165) is 36.1 Å². The Kier molecular flexibility index (Phi) is 5.85. The molecule has 6 heteroatoms. The Balaban J connectivity index is 0.000000151. The summed E-state index contributed by atoms with van der Waals surface area (Å²) in [6.45, 7) is 3.11. The van der Waals surface area contributed by atoms with E-state index >= 15 is 0 Å². The molecular weight excluding hydrogens is 332 g/mol. The highest BCUT2D eigenvalue weighted by Crippen LogP contribution is 2.34. The number of hydrogen-bond acceptors (Lipinski definition) is 6. The first-order chi connectivity index (χ1) is 12.6. The van der Waals surface area contributed by atoms with Gasteiger partial charge in [0.15, 0.2) is 23.0 Å². The molecular formula is C20H26N2O4. The van der Waals surface area contributed by atoms with Gasteiger partial charge in [-0.05, 0) is 26.2 Å². The maximum Gasteiger partial charge on any atom is 0.167 e. The third-order valence-electron chi connectivity index (χ3n) is 4.30. The number of rotatable bonds is 2. The summed E-state index contributed by atoms with van der Waals surface area (Å²) in [6.07, 6.45) is 0. The van der Waals surface area contributed by atoms with Crippen molar-refractivity contribution in [3.8, 4) is 23.0 Å². The van der Waals surface area contributed by atoms with Crippen LogP contribution in [0, 0.1) is 0 Å². The highest BCUT2D eigenvalue weighted by atomic mass is 16.5. The number of para-hydroxylation sites is 2. The first-order valence-corrected chi connectivity index (χ1v) is 8.56. The van der Waals surface area contributed by atoms with Crippen molar-refractivity contribution in [1.82, 2.24) is 9.80 Å². The van der Waals surface area contributed by atoms with Crippen LogP contribution in [0.1, 0.15) is 11.1 Å². The molecule has 4 rings (SSSR count). The van der Waals surface area contributed by atoms with Crippen molar-refractivity contribution in [3.05, 3.63) is 47.5 Å². The molecule has 2 heterocycles. The van der Waals surface area contributed by atoms with Crippen LogP contribution < -0.4 is 18.9 Å². The SMILES string of the molecule is COc1cccc2c1OCN(C)C2.COc1cccc2c1OCN(C)C2. The molecule has 2 aliphatic heterocycles. The minimum atomic E-state index is 0.632. The molecule has 140 valence electrons. The minimum Gasteiger partial charge on any atom is -0.493 e. The summed E-state index contributed by atoms with van der Waals surface area (Å²) < 4.78 is 21.5. The Morgan fingerprint density at radius 1 is 0.731 bits per heavy atom. The number of benzene rings is 2. The zero-order valence-corrected chi connectivity index (χ0v) is 15.8. The molecule has 0 amide bonds. The molecule has 26 heavy (non-hydrogen) atoms. The summed E-state index contributed by atoms with van der Waals surface area (Å²) in [5, 5.41) is 0. The van der Waals surface area contributed by atoms with Crippen LogP contribution in [-0.2, 0) is 13.1 Å². The monoisotopic (exact) mass is 358 g/mol. The Hall–Kier alpha value is -2.44. The highest BCUT2D eigenvalue weighted by Gasteiger charge is 2.18. The second kappa shape index (κ2) is 8.29. The molecule has 0 N–H and O–H groups in total. The van der Waals surface area contributed by atoms with Crippen LogP contribution in [0.15, 0.2) is 36.4 Å². The molecule has 0 aliphatic carbocycles. The molecule has 0 saturated carbocycles. The van der Waals surface area contributed by atoms with Crippen molar-refractivity contribution < 1.29 is 18.9 Å². The van der Waals surface area contributed by atoms with Crippen molar-refractivity contribution >= 4 is 0 Å². The van der Waals surface area contributed by atoms with Gasteiger partial charge in [0.1, 0.15) is 13.5 Å². The van der Waals surface area contributed by atoms with Crippen LogP contribution >= 0.6 is 0 Å². The van der Waals surface area contributed by atoms with Gasteiger partial charge < -0.3 is 18.9 Å². The van der Waals surface area contributed by atoms with Gasteiger partial charge in [-0.3, -0.25) is 9.80 Å². The van der Waals surface area contributed by atoms with Gasteiger partial charge >= 0.3 is 0 Å². The summed E-state index contributed by atoms with van der Waals surface area (Å²) >= 11 is 0. The van der Waals surface area contributed by atoms with Crippen LogP contribution in [0.3, 0.4) is 0 Å². The smallest absolute Gasteiger partial charge is 0.167 e. The van der Waals surface area contributed by atoms with Crippen molar-refractivity contribution in [2.24, 2.45) is 0 Å². The number of fused-ring (bicyclic) bond motifs is 2. The van der Waals surface area contributed by atoms with E-state index in [0.29, 0.717) is 13.5 Å². The molecule has 0 spiro atoms. The fourth-order valence-electron chi connectivity index (χ4n) is 3.04. The molecule has 0 radical (unpaired) electrons. The van der Waals surface area contributed by atoms with Crippen molar-refractivity contribution in [2.45, 2.75) is 13.1 Å². The minimum absolute atomic E-state index is 0.632. The maximum absolute atomic E-state index is 5.56. The lowest BCUT2D eigenvalue weighted by Crippen LogP contribution is -2.28. The van der Waals surface area contributed by atoms with Crippen molar-refractivity contribution in [1.29, 1.82) is 0 Å². The summed E-state index contributed by atoms with van der Waals surface area (Å²) in [5.74, 6) is 3.43. The van der Waals surface area contributed by atoms with Crippen molar-refractivity contribution in [3.63, 3.8) is 0 Å². The van der Waals surface area contributed by atoms with E-state index in [-0.39, 0.29) is 0 Å². The number of methoxy groups -OCH3 is 2. The predicted octanol–water partition coefficient (Wildman–Crippen LogP) is 2.95. The van der Waals surface area contributed by atoms with Crippen LogP contribution in [0.2, 0.25) is 0 Å². The molecule has 0 atom stereocenters. The Morgan fingerprint density at radius 3 is 1.54 bits per heavy atom. The van der Waals surface area contributed by atoms with E-state index < -0.39 is 0 Å². The third kappa shape index (κ3) is 4.03. The van der Waals surface area contributed by atoms with Gasteiger partial charge in [0.05, 0.1) is 14.2 Å². The standard InChI is InChI=1S/2C10H13NO2/c2*1-11-6-8-4-3-5-9(12-2)10(8)13-7-11/h2*3-5H,6-7H2,1-2H3. The Labute approximate surface area is 154 Å². The van der Waals surface area contributed by atoms with Crippen LogP contribution in [-0.4, -0.2) is 51.6 Å². The number of hydrogen-bond donors (Lipinski definition) is 0. The van der Waals surface area contributed by atoms with Gasteiger partial charge in [-0.25, -0.2) is 0 Å². The zero-order chi connectivity index (χ0) is 18.5. The molecule has 0 aromatic heterocycles. The van der Waals surface area contributed by atoms with Gasteiger partial charge in [-0.15, -0.1) is 0 Å². The van der Waals surface area contributed by atoms with E-state index in [4.69, 9.17) is 18.9 Å². The van der Waals surface area contributed by atoms with Crippen LogP contribution in [0.4, 0.5) is 0 Å². The van der Waals surface area contributed by atoms with E-state index in [1.165, 1.54) is 11.1 Å². The summed E-state index contributed by atoms with van der Waals surface area (Å²) in [6, 6.07) is 11.9. The van der Waals surface area contributed by atoms with E-state index in [9.17, 15) is 0 Å². The Bertz CT molecular complexity index is 687. The van der Waals surface area contributed by atoms with Crippen molar-refractivity contribution in [2.75, 3.05) is 41.8 Å². The lowest BCUT2D eigenvalue weighted by Gasteiger charge is -2.26. The largest absolute Gasteiger partial charge is 0.493 e. The molecule has 0 unspecified atom stereocenters. The zero-order valence-electron chi connectivity index (χ0n) is 15.8. The maximum atomic E-state index is 5.56. The molecule has 6 nitrogen and oxygen atoms in total. The average Bonchev–Trinajstić information content (AvgIpc) is 2.67. The fourth-order valence-corrected chi connectivity index (χ4v) is 3.04. The summed E-state index contributed by atoms with van der Waals surface area (Å²) in [7, 11) is 7.39. The molecule has 0 bridgehead atoms. The average molecular weight is 358 g/mol. The van der Waals surface area contributed by atoms with Gasteiger partial charge in [-0.2, -0.15) is 0 Å². The quantitative estimate of drug-likeness (QED) is 0.822. The first kappa shape index (κ1) is 18.4. The molecule has 0 fully saturated rings. The predicted molar refractivity (Wildman–Crippen MR) is 99.9 cm³/mol. The van der Waals surface area contributed by atoms with E-state index in [1.54, 1.807) is 14.2 Å². The van der Waals surface area contributed by atoms with Gasteiger partial charge in [0, 0.05) is 24.2 Å². The number of nitrogens with zero attached hydrogens (tertiary/aromatic N) is 2. The molecule has 2 aliphatic rings. The Morgan fingerprint density at radius 2 is 1.15 bits per heavy atom. The lowest BCUT2D eigenvalue weighted by molar-refractivity contribution is 0.117. The van der Waals surface area contributed by atoms with Gasteiger partial charge in [0.25, 0.3) is 0 Å². The second-order valence-electron chi connectivity index (χ2n) is 6.47. The van der Waals surface area contributed by atoms with Gasteiger partial charge in [0.2, 0.25) is 0 Å². The van der Waals surface area contributed by atoms with Gasteiger partial charge in [-0.1, -0.05) is 24.3 Å².